The van der Waals surface area contributed by atoms with Gasteiger partial charge in [-0.25, -0.2) is 0 Å². The first-order chi connectivity index (χ1) is 6.24. The Morgan fingerprint density at radius 2 is 2.54 bits per heavy atom. The highest BCUT2D eigenvalue weighted by atomic mass is 16.6. The lowest BCUT2D eigenvalue weighted by Crippen LogP contribution is -2.06. The molecule has 1 heterocycles. The zero-order valence-electron chi connectivity index (χ0n) is 7.34. The maximum absolute atomic E-state index is 10.2. The predicted octanol–water partition coefficient (Wildman–Crippen LogP) is 0.828. The van der Waals surface area contributed by atoms with Crippen LogP contribution in [0.3, 0.4) is 0 Å². The summed E-state index contributed by atoms with van der Waals surface area (Å²) in [7, 11) is 0. The molecule has 1 aromatic rings. The van der Waals surface area contributed by atoms with Crippen LogP contribution in [0.15, 0.2) is 12.3 Å². The highest BCUT2D eigenvalue weighted by Gasteiger charge is 2.09. The molecule has 0 aliphatic heterocycles. The summed E-state index contributed by atoms with van der Waals surface area (Å²) in [6.45, 7) is 3.60. The zero-order chi connectivity index (χ0) is 9.68. The third-order valence-corrected chi connectivity index (χ3v) is 1.48. The van der Waals surface area contributed by atoms with Gasteiger partial charge in [0.25, 0.3) is 0 Å². The number of nitro groups is 1. The molecule has 1 rings (SSSR count). The van der Waals surface area contributed by atoms with Gasteiger partial charge in [0.2, 0.25) is 0 Å². The monoisotopic (exact) mass is 185 g/mol. The van der Waals surface area contributed by atoms with E-state index in [1.807, 2.05) is 6.92 Å². The van der Waals surface area contributed by atoms with E-state index in [2.05, 4.69) is 5.10 Å². The predicted molar refractivity (Wildman–Crippen MR) is 45.4 cm³/mol. The van der Waals surface area contributed by atoms with E-state index in [0.29, 0.717) is 19.8 Å². The van der Waals surface area contributed by atoms with E-state index in [1.54, 1.807) is 6.20 Å². The van der Waals surface area contributed by atoms with Gasteiger partial charge in [-0.2, -0.15) is 4.68 Å². The Balaban J connectivity index is 2.44. The van der Waals surface area contributed by atoms with Crippen LogP contribution in [0.2, 0.25) is 0 Å². The molecule has 0 saturated heterocycles. The van der Waals surface area contributed by atoms with E-state index < -0.39 is 4.92 Å². The summed E-state index contributed by atoms with van der Waals surface area (Å²) in [5.41, 5.74) is 0. The van der Waals surface area contributed by atoms with Crippen molar-refractivity contribution in [3.8, 4) is 0 Å². The van der Waals surface area contributed by atoms with Crippen LogP contribution in [0.5, 0.6) is 0 Å². The Morgan fingerprint density at radius 1 is 1.77 bits per heavy atom. The van der Waals surface area contributed by atoms with Crippen molar-refractivity contribution < 1.29 is 9.66 Å². The molecule has 6 nitrogen and oxygen atoms in total. The van der Waals surface area contributed by atoms with E-state index in [1.165, 1.54) is 10.7 Å². The zero-order valence-corrected chi connectivity index (χ0v) is 7.34. The largest absolute Gasteiger partial charge is 0.389 e. The highest BCUT2D eigenvalue weighted by Crippen LogP contribution is 2.04. The van der Waals surface area contributed by atoms with Crippen molar-refractivity contribution >= 4 is 5.82 Å². The minimum atomic E-state index is -0.517. The fourth-order valence-corrected chi connectivity index (χ4v) is 0.875. The van der Waals surface area contributed by atoms with E-state index in [0.717, 1.165) is 0 Å². The van der Waals surface area contributed by atoms with Crippen molar-refractivity contribution in [3.05, 3.63) is 22.4 Å². The Kier molecular flexibility index (Phi) is 3.39. The molecule has 0 aromatic carbocycles. The first-order valence-electron chi connectivity index (χ1n) is 3.99. The lowest BCUT2D eigenvalue weighted by molar-refractivity contribution is -0.389. The molecule has 0 radical (unpaired) electrons. The van der Waals surface area contributed by atoms with Gasteiger partial charge in [0, 0.05) is 6.61 Å². The van der Waals surface area contributed by atoms with E-state index in [-0.39, 0.29) is 5.82 Å². The SMILES string of the molecule is CCOCCn1ccc([N+](=O)[O-])n1. The van der Waals surface area contributed by atoms with Crippen LogP contribution in [-0.4, -0.2) is 27.9 Å². The van der Waals surface area contributed by atoms with Gasteiger partial charge in [-0.1, -0.05) is 0 Å². The second kappa shape index (κ2) is 4.56. The molecular weight excluding hydrogens is 174 g/mol. The van der Waals surface area contributed by atoms with Crippen molar-refractivity contribution in [2.24, 2.45) is 0 Å². The molecule has 13 heavy (non-hydrogen) atoms. The molecule has 0 aliphatic carbocycles. The number of hydrogen-bond acceptors (Lipinski definition) is 4. The number of rotatable bonds is 5. The van der Waals surface area contributed by atoms with E-state index in [4.69, 9.17) is 4.74 Å². The summed E-state index contributed by atoms with van der Waals surface area (Å²) in [5.74, 6) is -0.128. The summed E-state index contributed by atoms with van der Waals surface area (Å²) in [6, 6.07) is 1.37. The maximum Gasteiger partial charge on any atom is 0.389 e. The van der Waals surface area contributed by atoms with Crippen molar-refractivity contribution in [2.75, 3.05) is 13.2 Å². The van der Waals surface area contributed by atoms with Crippen LogP contribution < -0.4 is 0 Å². The Bertz CT molecular complexity index is 284. The van der Waals surface area contributed by atoms with Crippen molar-refractivity contribution in [1.82, 2.24) is 9.78 Å². The first kappa shape index (κ1) is 9.66. The Hall–Kier alpha value is -1.43. The summed E-state index contributed by atoms with van der Waals surface area (Å²) in [5, 5.41) is 14.0. The lowest BCUT2D eigenvalue weighted by Gasteiger charge is -1.96. The minimum Gasteiger partial charge on any atom is -0.380 e. The minimum absolute atomic E-state index is 0.128. The molecule has 0 fully saturated rings. The maximum atomic E-state index is 10.2. The molecule has 1 aromatic heterocycles. The average Bonchev–Trinajstić information content (AvgIpc) is 2.53. The second-order valence-electron chi connectivity index (χ2n) is 2.39. The van der Waals surface area contributed by atoms with Crippen LogP contribution in [-0.2, 0) is 11.3 Å². The normalized spacial score (nSPS) is 10.2. The van der Waals surface area contributed by atoms with Gasteiger partial charge >= 0.3 is 5.82 Å². The first-order valence-corrected chi connectivity index (χ1v) is 3.99. The van der Waals surface area contributed by atoms with Gasteiger partial charge in [0.05, 0.1) is 30.5 Å². The molecule has 0 unspecified atom stereocenters. The Labute approximate surface area is 75.3 Å². The van der Waals surface area contributed by atoms with Crippen LogP contribution in [0, 0.1) is 10.1 Å². The summed E-state index contributed by atoms with van der Waals surface area (Å²) in [4.78, 5) is 9.73. The molecule has 72 valence electrons. The molecule has 0 spiro atoms. The van der Waals surface area contributed by atoms with Gasteiger partial charge in [0.1, 0.15) is 0 Å². The fourth-order valence-electron chi connectivity index (χ4n) is 0.875. The van der Waals surface area contributed by atoms with E-state index in [9.17, 15) is 10.1 Å². The van der Waals surface area contributed by atoms with Gasteiger partial charge in [0.15, 0.2) is 0 Å². The lowest BCUT2D eigenvalue weighted by atomic mass is 10.6. The average molecular weight is 185 g/mol. The molecule has 6 heteroatoms. The molecule has 0 amide bonds. The molecular formula is C7H11N3O3. The summed E-state index contributed by atoms with van der Waals surface area (Å²) >= 11 is 0. The topological polar surface area (TPSA) is 70.2 Å². The van der Waals surface area contributed by atoms with Gasteiger partial charge in [-0.05, 0) is 11.8 Å². The van der Waals surface area contributed by atoms with Crippen molar-refractivity contribution in [2.45, 2.75) is 13.5 Å². The van der Waals surface area contributed by atoms with Crippen molar-refractivity contribution in [3.63, 3.8) is 0 Å². The molecule has 0 saturated carbocycles. The second-order valence-corrected chi connectivity index (χ2v) is 2.39. The number of ether oxygens (including phenoxy) is 1. The number of aromatic nitrogens is 2. The van der Waals surface area contributed by atoms with Gasteiger partial charge in [-0.3, -0.25) is 0 Å². The third kappa shape index (κ3) is 2.83. The number of hydrogen-bond donors (Lipinski definition) is 0. The van der Waals surface area contributed by atoms with Crippen LogP contribution in [0.25, 0.3) is 0 Å². The Morgan fingerprint density at radius 3 is 3.08 bits per heavy atom. The summed E-state index contributed by atoms with van der Waals surface area (Å²) < 4.78 is 6.57. The van der Waals surface area contributed by atoms with Crippen molar-refractivity contribution in [1.29, 1.82) is 0 Å². The third-order valence-electron chi connectivity index (χ3n) is 1.48. The quantitative estimate of drug-likeness (QED) is 0.387. The van der Waals surface area contributed by atoms with E-state index >= 15 is 0 Å². The highest BCUT2D eigenvalue weighted by molar-refractivity contribution is 5.13. The van der Waals surface area contributed by atoms with Crippen LogP contribution in [0.4, 0.5) is 5.82 Å². The molecule has 0 N–H and O–H groups in total. The molecule has 0 atom stereocenters. The van der Waals surface area contributed by atoms with Crippen LogP contribution in [0.1, 0.15) is 6.92 Å². The molecule has 0 bridgehead atoms. The van der Waals surface area contributed by atoms with Gasteiger partial charge < -0.3 is 14.9 Å². The summed E-state index contributed by atoms with van der Waals surface area (Å²) in [6.07, 6.45) is 1.57. The van der Waals surface area contributed by atoms with Crippen LogP contribution >= 0.6 is 0 Å². The number of nitrogens with zero attached hydrogens (tertiary/aromatic N) is 3. The molecule has 0 aliphatic rings. The standard InChI is InChI=1S/C7H11N3O3/c1-2-13-6-5-9-4-3-7(8-9)10(11)12/h3-4H,2,5-6H2,1H3. The van der Waals surface area contributed by atoms with Gasteiger partial charge in [-0.15, -0.1) is 0 Å². The fraction of sp³-hybridized carbons (Fsp3) is 0.571. The smallest absolute Gasteiger partial charge is 0.380 e.